The second kappa shape index (κ2) is 9.96. The smallest absolute Gasteiger partial charge is 0.305 e. The lowest BCUT2D eigenvalue weighted by Gasteiger charge is -2.18. The molecule has 6 heteroatoms. The molecule has 0 fully saturated rings. The number of thiophene rings is 1. The zero-order valence-electron chi connectivity index (χ0n) is 14.6. The molecular weight excluding hydrogens is 336 g/mol. The Morgan fingerprint density at radius 3 is 2.60 bits per heavy atom. The maximum Gasteiger partial charge on any atom is 0.305 e. The Balaban J connectivity index is 1.87. The van der Waals surface area contributed by atoms with Crippen LogP contribution >= 0.6 is 11.3 Å². The molecule has 0 aliphatic heterocycles. The molecule has 0 saturated heterocycles. The van der Waals surface area contributed by atoms with Gasteiger partial charge >= 0.3 is 5.97 Å². The molecule has 1 amide bonds. The van der Waals surface area contributed by atoms with Crippen molar-refractivity contribution in [3.8, 4) is 0 Å². The van der Waals surface area contributed by atoms with E-state index in [0.717, 1.165) is 5.56 Å². The van der Waals surface area contributed by atoms with Gasteiger partial charge in [0, 0.05) is 17.8 Å². The van der Waals surface area contributed by atoms with Crippen LogP contribution in [0.25, 0.3) is 0 Å². The monoisotopic (exact) mass is 360 g/mol. The molecule has 0 aliphatic rings. The second-order valence-corrected chi connectivity index (χ2v) is 6.75. The number of benzene rings is 1. The highest BCUT2D eigenvalue weighted by Gasteiger charge is 2.16. The minimum Gasteiger partial charge on any atom is -0.469 e. The Labute approximate surface area is 152 Å². The van der Waals surface area contributed by atoms with Crippen molar-refractivity contribution in [2.45, 2.75) is 25.8 Å². The van der Waals surface area contributed by atoms with Crippen LogP contribution in [-0.2, 0) is 14.3 Å². The Morgan fingerprint density at radius 1 is 1.20 bits per heavy atom. The van der Waals surface area contributed by atoms with Crippen molar-refractivity contribution in [3.63, 3.8) is 0 Å². The maximum absolute atomic E-state index is 12.0. The molecule has 1 aromatic carbocycles. The molecule has 2 aromatic rings. The van der Waals surface area contributed by atoms with Crippen molar-refractivity contribution in [2.75, 3.05) is 20.2 Å². The number of hydrogen-bond acceptors (Lipinski definition) is 5. The van der Waals surface area contributed by atoms with Gasteiger partial charge in [0.2, 0.25) is 5.91 Å². The molecule has 0 spiro atoms. The van der Waals surface area contributed by atoms with E-state index in [1.165, 1.54) is 17.6 Å². The number of rotatable bonds is 9. The van der Waals surface area contributed by atoms with Gasteiger partial charge in [-0.1, -0.05) is 35.9 Å². The van der Waals surface area contributed by atoms with Gasteiger partial charge in [-0.15, -0.1) is 11.3 Å². The normalized spacial score (nSPS) is 11.8. The number of methoxy groups -OCH3 is 1. The average molecular weight is 360 g/mol. The van der Waals surface area contributed by atoms with Crippen LogP contribution in [0.5, 0.6) is 0 Å². The lowest BCUT2D eigenvalue weighted by atomic mass is 10.0. The Hall–Kier alpha value is -2.18. The summed E-state index contributed by atoms with van der Waals surface area (Å²) < 4.78 is 4.57. The number of esters is 1. The average Bonchev–Trinajstić information content (AvgIpc) is 3.14. The number of nitrogens with one attached hydrogen (secondary N) is 2. The molecule has 0 radical (unpaired) electrons. The van der Waals surface area contributed by atoms with Gasteiger partial charge in [-0.25, -0.2) is 0 Å². The van der Waals surface area contributed by atoms with E-state index in [4.69, 9.17) is 0 Å². The minimum atomic E-state index is -0.260. The lowest BCUT2D eigenvalue weighted by molar-refractivity contribution is -0.140. The van der Waals surface area contributed by atoms with Crippen LogP contribution < -0.4 is 10.6 Å². The highest BCUT2D eigenvalue weighted by Crippen LogP contribution is 2.26. The van der Waals surface area contributed by atoms with Crippen LogP contribution in [0, 0.1) is 6.92 Å². The fourth-order valence-electron chi connectivity index (χ4n) is 2.42. The van der Waals surface area contributed by atoms with Crippen LogP contribution in [0.4, 0.5) is 0 Å². The molecule has 1 aromatic heterocycles. The van der Waals surface area contributed by atoms with Gasteiger partial charge in [-0.05, 0) is 30.4 Å². The van der Waals surface area contributed by atoms with Crippen molar-refractivity contribution in [2.24, 2.45) is 0 Å². The van der Waals surface area contributed by atoms with E-state index >= 15 is 0 Å². The predicted octanol–water partition coefficient (Wildman–Crippen LogP) is 2.80. The van der Waals surface area contributed by atoms with Crippen LogP contribution in [0.2, 0.25) is 0 Å². The van der Waals surface area contributed by atoms with Gasteiger partial charge < -0.3 is 10.1 Å². The lowest BCUT2D eigenvalue weighted by Crippen LogP contribution is -2.36. The van der Waals surface area contributed by atoms with E-state index in [2.05, 4.69) is 52.6 Å². The Morgan fingerprint density at radius 2 is 1.96 bits per heavy atom. The molecule has 0 bridgehead atoms. The molecule has 1 heterocycles. The third-order valence-electron chi connectivity index (χ3n) is 3.81. The van der Waals surface area contributed by atoms with Crippen molar-refractivity contribution < 1.29 is 14.3 Å². The first-order chi connectivity index (χ1) is 12.1. The molecule has 25 heavy (non-hydrogen) atoms. The number of aryl methyl sites for hydroxylation is 1. The van der Waals surface area contributed by atoms with Gasteiger partial charge in [0.1, 0.15) is 0 Å². The van der Waals surface area contributed by atoms with Gasteiger partial charge in [-0.2, -0.15) is 0 Å². The molecule has 2 rings (SSSR count). The van der Waals surface area contributed by atoms with Gasteiger partial charge in [0.25, 0.3) is 0 Å². The molecular formula is C19H24N2O3S. The summed E-state index contributed by atoms with van der Waals surface area (Å²) >= 11 is 1.66. The molecule has 1 atom stereocenters. The largest absolute Gasteiger partial charge is 0.469 e. The first kappa shape index (κ1) is 19.1. The molecule has 0 unspecified atom stereocenters. The van der Waals surface area contributed by atoms with Crippen molar-refractivity contribution in [1.82, 2.24) is 10.6 Å². The van der Waals surface area contributed by atoms with E-state index in [1.807, 2.05) is 11.4 Å². The van der Waals surface area contributed by atoms with Crippen LogP contribution in [0.3, 0.4) is 0 Å². The first-order valence-corrected chi connectivity index (χ1v) is 9.15. The van der Waals surface area contributed by atoms with E-state index in [1.54, 1.807) is 11.3 Å². The zero-order chi connectivity index (χ0) is 18.1. The second-order valence-electron chi connectivity index (χ2n) is 5.77. The standard InChI is InChI=1S/C19H24N2O3S/c1-14-7-9-15(10-8-14)19(16-5-4-12-25-16)21-13-17(22)20-11-3-6-18(23)24-2/h4-5,7-10,12,19,21H,3,6,11,13H2,1-2H3,(H,20,22)/t19-/m1/s1. The maximum atomic E-state index is 12.0. The summed E-state index contributed by atoms with van der Waals surface area (Å²) in [6.45, 7) is 2.73. The van der Waals surface area contributed by atoms with Gasteiger partial charge in [0.15, 0.2) is 0 Å². The first-order valence-electron chi connectivity index (χ1n) is 8.27. The van der Waals surface area contributed by atoms with Gasteiger partial charge in [-0.3, -0.25) is 14.9 Å². The van der Waals surface area contributed by atoms with E-state index < -0.39 is 0 Å². The summed E-state index contributed by atoms with van der Waals surface area (Å²) in [5.74, 6) is -0.344. The topological polar surface area (TPSA) is 67.4 Å². The highest BCUT2D eigenvalue weighted by atomic mass is 32.1. The molecule has 0 aliphatic carbocycles. The summed E-state index contributed by atoms with van der Waals surface area (Å²) in [5, 5.41) is 8.18. The van der Waals surface area contributed by atoms with Gasteiger partial charge in [0.05, 0.1) is 19.7 Å². The summed E-state index contributed by atoms with van der Waals surface area (Å²) in [5.41, 5.74) is 2.34. The van der Waals surface area contributed by atoms with Crippen LogP contribution in [0.1, 0.15) is 34.9 Å². The Kier molecular flexibility index (Phi) is 7.63. The van der Waals surface area contributed by atoms with E-state index in [9.17, 15) is 9.59 Å². The third kappa shape index (κ3) is 6.32. The molecule has 0 saturated carbocycles. The van der Waals surface area contributed by atoms with Crippen LogP contribution in [0.15, 0.2) is 41.8 Å². The van der Waals surface area contributed by atoms with E-state index in [-0.39, 0.29) is 24.5 Å². The molecule has 2 N–H and O–H groups in total. The van der Waals surface area contributed by atoms with Crippen molar-refractivity contribution >= 4 is 23.2 Å². The number of ether oxygens (including phenoxy) is 1. The Bertz CT molecular complexity index is 668. The number of carbonyl (C=O) groups is 2. The minimum absolute atomic E-state index is 0.0126. The molecule has 5 nitrogen and oxygen atoms in total. The predicted molar refractivity (Wildman–Crippen MR) is 99.6 cm³/mol. The zero-order valence-corrected chi connectivity index (χ0v) is 15.4. The van der Waals surface area contributed by atoms with Crippen molar-refractivity contribution in [3.05, 3.63) is 57.8 Å². The summed E-state index contributed by atoms with van der Waals surface area (Å²) in [4.78, 5) is 24.2. The highest BCUT2D eigenvalue weighted by molar-refractivity contribution is 7.10. The quantitative estimate of drug-likeness (QED) is 0.533. The fraction of sp³-hybridized carbons (Fsp3) is 0.368. The fourth-order valence-corrected chi connectivity index (χ4v) is 3.24. The van der Waals surface area contributed by atoms with E-state index in [0.29, 0.717) is 19.4 Å². The van der Waals surface area contributed by atoms with Crippen LogP contribution in [-0.4, -0.2) is 32.1 Å². The third-order valence-corrected chi connectivity index (χ3v) is 4.75. The molecule has 134 valence electrons. The number of hydrogen-bond donors (Lipinski definition) is 2. The number of carbonyl (C=O) groups excluding carboxylic acids is 2. The summed E-state index contributed by atoms with van der Waals surface area (Å²) in [6, 6.07) is 12.4. The number of amides is 1. The summed E-state index contributed by atoms with van der Waals surface area (Å²) in [6.07, 6.45) is 0.885. The van der Waals surface area contributed by atoms with Crippen molar-refractivity contribution in [1.29, 1.82) is 0 Å². The summed E-state index contributed by atoms with van der Waals surface area (Å²) in [7, 11) is 1.36. The SMILES string of the molecule is COC(=O)CCCNC(=O)CN[C@H](c1ccc(C)cc1)c1cccs1.